The number of rotatable bonds is 3. The van der Waals surface area contributed by atoms with Crippen molar-refractivity contribution in [3.63, 3.8) is 0 Å². The number of hydrogen-bond donors (Lipinski definition) is 2. The minimum atomic E-state index is 0.326. The van der Waals surface area contributed by atoms with E-state index in [-0.39, 0.29) is 0 Å². The number of hydrogen-bond acceptors (Lipinski definition) is 3. The molecule has 0 bridgehead atoms. The zero-order valence-electron chi connectivity index (χ0n) is 4.92. The zero-order chi connectivity index (χ0) is 6.41. The minimum Gasteiger partial charge on any atom is -0.384 e. The van der Waals surface area contributed by atoms with Gasteiger partial charge in [-0.05, 0) is 6.92 Å². The normalized spacial score (nSPS) is 11.9. The Balaban J connectivity index is 3.12. The molecule has 0 saturated carbocycles. The summed E-state index contributed by atoms with van der Waals surface area (Å²) in [5.41, 5.74) is 5.16. The van der Waals surface area contributed by atoms with Crippen LogP contribution in [0.3, 0.4) is 0 Å². The smallest absolute Gasteiger partial charge is 0.145 e. The van der Waals surface area contributed by atoms with Crippen LogP contribution in [0, 0.1) is 0 Å². The summed E-state index contributed by atoms with van der Waals surface area (Å²) in [4.78, 5) is 0. The Hall–Kier alpha value is -0.770. The van der Waals surface area contributed by atoms with Gasteiger partial charge in [0.2, 0.25) is 0 Å². The van der Waals surface area contributed by atoms with E-state index in [0.29, 0.717) is 19.0 Å². The fourth-order valence-corrected chi connectivity index (χ4v) is 0.244. The molecule has 4 nitrogen and oxygen atoms in total. The largest absolute Gasteiger partial charge is 0.384 e. The van der Waals surface area contributed by atoms with E-state index in [1.165, 1.54) is 0 Å². The SMILES string of the molecule is CCOCC(N)=NN. The van der Waals surface area contributed by atoms with Crippen molar-refractivity contribution in [2.45, 2.75) is 6.92 Å². The Morgan fingerprint density at radius 2 is 2.38 bits per heavy atom. The summed E-state index contributed by atoms with van der Waals surface area (Å²) in [7, 11) is 0. The van der Waals surface area contributed by atoms with E-state index >= 15 is 0 Å². The fourth-order valence-electron chi connectivity index (χ4n) is 0.244. The number of ether oxygens (including phenoxy) is 1. The van der Waals surface area contributed by atoms with Crippen molar-refractivity contribution in [1.29, 1.82) is 0 Å². The highest BCUT2D eigenvalue weighted by Gasteiger charge is 1.86. The van der Waals surface area contributed by atoms with Gasteiger partial charge >= 0.3 is 0 Å². The van der Waals surface area contributed by atoms with Gasteiger partial charge < -0.3 is 16.3 Å². The van der Waals surface area contributed by atoms with Crippen molar-refractivity contribution in [3.8, 4) is 0 Å². The highest BCUT2D eigenvalue weighted by atomic mass is 16.5. The van der Waals surface area contributed by atoms with Gasteiger partial charge in [-0.1, -0.05) is 0 Å². The van der Waals surface area contributed by atoms with Crippen LogP contribution in [0.5, 0.6) is 0 Å². The van der Waals surface area contributed by atoms with E-state index < -0.39 is 0 Å². The number of nitrogens with two attached hydrogens (primary N) is 2. The minimum absolute atomic E-state index is 0.326. The monoisotopic (exact) mass is 117 g/mol. The topological polar surface area (TPSA) is 73.6 Å². The molecule has 0 aromatic rings. The van der Waals surface area contributed by atoms with Crippen LogP contribution < -0.4 is 11.6 Å². The Morgan fingerprint density at radius 3 is 2.75 bits per heavy atom. The molecular formula is C4H11N3O. The van der Waals surface area contributed by atoms with Crippen LogP contribution in [0.15, 0.2) is 5.10 Å². The molecule has 0 aromatic carbocycles. The van der Waals surface area contributed by atoms with Crippen molar-refractivity contribution in [2.24, 2.45) is 16.7 Å². The predicted octanol–water partition coefficient (Wildman–Crippen LogP) is -0.746. The quantitative estimate of drug-likeness (QED) is 0.221. The molecule has 0 spiro atoms. The predicted molar refractivity (Wildman–Crippen MR) is 32.3 cm³/mol. The van der Waals surface area contributed by atoms with E-state index in [9.17, 15) is 0 Å². The fraction of sp³-hybridized carbons (Fsp3) is 0.750. The molecule has 0 heterocycles. The molecule has 0 amide bonds. The highest BCUT2D eigenvalue weighted by molar-refractivity contribution is 5.81. The lowest BCUT2D eigenvalue weighted by atomic mass is 10.6. The van der Waals surface area contributed by atoms with Crippen LogP contribution in [0.2, 0.25) is 0 Å². The van der Waals surface area contributed by atoms with Crippen LogP contribution >= 0.6 is 0 Å². The van der Waals surface area contributed by atoms with Gasteiger partial charge in [-0.2, -0.15) is 5.10 Å². The highest BCUT2D eigenvalue weighted by Crippen LogP contribution is 1.70. The summed E-state index contributed by atoms with van der Waals surface area (Å²) in [6, 6.07) is 0. The molecule has 0 unspecified atom stereocenters. The maximum atomic E-state index is 5.16. The average molecular weight is 117 g/mol. The van der Waals surface area contributed by atoms with Crippen molar-refractivity contribution >= 4 is 5.84 Å². The number of nitrogens with zero attached hydrogens (tertiary/aromatic N) is 1. The van der Waals surface area contributed by atoms with E-state index in [4.69, 9.17) is 16.3 Å². The van der Waals surface area contributed by atoms with Crippen LogP contribution in [0.1, 0.15) is 6.92 Å². The first kappa shape index (κ1) is 7.23. The second-order valence-electron chi connectivity index (χ2n) is 1.26. The first-order chi connectivity index (χ1) is 3.81. The zero-order valence-corrected chi connectivity index (χ0v) is 4.92. The van der Waals surface area contributed by atoms with Gasteiger partial charge in [-0.25, -0.2) is 0 Å². The lowest BCUT2D eigenvalue weighted by Crippen LogP contribution is -2.20. The van der Waals surface area contributed by atoms with Crippen molar-refractivity contribution in [2.75, 3.05) is 13.2 Å². The lowest BCUT2D eigenvalue weighted by molar-refractivity contribution is 0.186. The first-order valence-corrected chi connectivity index (χ1v) is 2.41. The van der Waals surface area contributed by atoms with Gasteiger partial charge in [-0.15, -0.1) is 0 Å². The molecule has 0 radical (unpaired) electrons. The van der Waals surface area contributed by atoms with Crippen molar-refractivity contribution < 1.29 is 4.74 Å². The standard InChI is InChI=1S/C4H11N3O/c1-2-8-3-4(5)7-6/h2-3,6H2,1H3,(H2,5,7). The van der Waals surface area contributed by atoms with Gasteiger partial charge in [0, 0.05) is 6.61 Å². The summed E-state index contributed by atoms with van der Waals surface area (Å²) in [5, 5.41) is 3.20. The average Bonchev–Trinajstić information content (AvgIpc) is 1.83. The second-order valence-corrected chi connectivity index (χ2v) is 1.26. The van der Waals surface area contributed by atoms with E-state index in [0.717, 1.165) is 0 Å². The van der Waals surface area contributed by atoms with Crippen molar-refractivity contribution in [3.05, 3.63) is 0 Å². The summed E-state index contributed by atoms with van der Waals surface area (Å²) in [5.74, 6) is 5.12. The molecule has 0 rings (SSSR count). The van der Waals surface area contributed by atoms with Crippen LogP contribution in [-0.4, -0.2) is 19.0 Å². The Kier molecular flexibility index (Phi) is 3.97. The molecule has 0 aliphatic rings. The van der Waals surface area contributed by atoms with E-state index in [1.807, 2.05) is 6.92 Å². The molecule has 0 aromatic heterocycles. The third kappa shape index (κ3) is 3.42. The van der Waals surface area contributed by atoms with Gasteiger partial charge in [0.15, 0.2) is 0 Å². The molecule has 8 heavy (non-hydrogen) atoms. The molecule has 0 aliphatic carbocycles. The molecule has 48 valence electrons. The summed E-state index contributed by atoms with van der Waals surface area (Å²) in [6.07, 6.45) is 0. The van der Waals surface area contributed by atoms with Gasteiger partial charge in [-0.3, -0.25) is 0 Å². The van der Waals surface area contributed by atoms with Crippen LogP contribution in [-0.2, 0) is 4.74 Å². The Morgan fingerprint density at radius 1 is 1.75 bits per heavy atom. The molecule has 4 heteroatoms. The third-order valence-electron chi connectivity index (χ3n) is 0.620. The molecule has 4 N–H and O–H groups in total. The Bertz CT molecular complexity index is 81.4. The maximum absolute atomic E-state index is 5.16. The van der Waals surface area contributed by atoms with Gasteiger partial charge in [0.05, 0.1) is 0 Å². The summed E-state index contributed by atoms with van der Waals surface area (Å²) >= 11 is 0. The second kappa shape index (κ2) is 4.39. The summed E-state index contributed by atoms with van der Waals surface area (Å²) < 4.78 is 4.85. The first-order valence-electron chi connectivity index (χ1n) is 2.41. The maximum Gasteiger partial charge on any atom is 0.145 e. The third-order valence-corrected chi connectivity index (χ3v) is 0.620. The number of hydrazone groups is 1. The molecule has 0 fully saturated rings. The van der Waals surface area contributed by atoms with Crippen LogP contribution in [0.25, 0.3) is 0 Å². The van der Waals surface area contributed by atoms with E-state index in [1.54, 1.807) is 0 Å². The Labute approximate surface area is 48.5 Å². The number of amidine groups is 1. The molecular weight excluding hydrogens is 106 g/mol. The van der Waals surface area contributed by atoms with E-state index in [2.05, 4.69) is 5.10 Å². The van der Waals surface area contributed by atoms with Crippen LogP contribution in [0.4, 0.5) is 0 Å². The molecule has 0 atom stereocenters. The molecule has 0 aliphatic heterocycles. The lowest BCUT2D eigenvalue weighted by Gasteiger charge is -1.96. The van der Waals surface area contributed by atoms with Crippen molar-refractivity contribution in [1.82, 2.24) is 0 Å². The molecule has 0 saturated heterocycles. The van der Waals surface area contributed by atoms with Gasteiger partial charge in [0.1, 0.15) is 12.4 Å². The van der Waals surface area contributed by atoms with Gasteiger partial charge in [0.25, 0.3) is 0 Å². The summed E-state index contributed by atoms with van der Waals surface area (Å²) in [6.45, 7) is 2.84.